The van der Waals surface area contributed by atoms with Crippen LogP contribution in [-0.4, -0.2) is 33.8 Å². The molecule has 2 fully saturated rings. The first-order valence-electron chi connectivity index (χ1n) is 7.41. The summed E-state index contributed by atoms with van der Waals surface area (Å²) in [6.45, 7) is 1.94. The van der Waals surface area contributed by atoms with Gasteiger partial charge in [0.15, 0.2) is 0 Å². The van der Waals surface area contributed by atoms with Crippen LogP contribution in [0.4, 0.5) is 0 Å². The summed E-state index contributed by atoms with van der Waals surface area (Å²) in [6.07, 6.45) is 9.86. The van der Waals surface area contributed by atoms with Gasteiger partial charge in [-0.1, -0.05) is 6.07 Å². The van der Waals surface area contributed by atoms with Crippen molar-refractivity contribution >= 4 is 12.1 Å². The predicted molar refractivity (Wildman–Crippen MR) is 76.5 cm³/mol. The van der Waals surface area contributed by atoms with E-state index in [1.165, 1.54) is 31.4 Å². The number of pyridine rings is 1. The fraction of sp³-hybridized carbons (Fsp3) is 0.500. The van der Waals surface area contributed by atoms with Gasteiger partial charge in [0, 0.05) is 36.6 Å². The van der Waals surface area contributed by atoms with Crippen molar-refractivity contribution in [2.75, 3.05) is 13.1 Å². The van der Waals surface area contributed by atoms with Crippen molar-refractivity contribution in [1.29, 1.82) is 0 Å². The second kappa shape index (κ2) is 4.33. The summed E-state index contributed by atoms with van der Waals surface area (Å²) in [5.74, 6) is 0.629. The van der Waals surface area contributed by atoms with Gasteiger partial charge in [0.25, 0.3) is 0 Å². The van der Waals surface area contributed by atoms with Crippen LogP contribution in [0.25, 0.3) is 5.65 Å². The molecule has 4 rings (SSSR count). The Labute approximate surface area is 118 Å². The fourth-order valence-electron chi connectivity index (χ4n) is 4.03. The molecule has 0 bridgehead atoms. The number of fused-ring (bicyclic) bond motifs is 1. The average molecular weight is 269 g/mol. The molecule has 1 spiro atoms. The second-order valence-corrected chi connectivity index (χ2v) is 6.39. The molecule has 1 aliphatic carbocycles. The van der Waals surface area contributed by atoms with E-state index in [1.54, 1.807) is 0 Å². The Hall–Kier alpha value is -1.84. The van der Waals surface area contributed by atoms with E-state index in [-0.39, 0.29) is 0 Å². The van der Waals surface area contributed by atoms with Gasteiger partial charge in [-0.15, -0.1) is 0 Å². The Morgan fingerprint density at radius 3 is 2.80 bits per heavy atom. The Morgan fingerprint density at radius 1 is 1.25 bits per heavy atom. The number of likely N-dealkylation sites (tertiary alicyclic amines) is 1. The number of aromatic nitrogens is 2. The van der Waals surface area contributed by atoms with E-state index >= 15 is 0 Å². The molecule has 0 unspecified atom stereocenters. The zero-order valence-electron chi connectivity index (χ0n) is 11.5. The van der Waals surface area contributed by atoms with Gasteiger partial charge in [0.2, 0.25) is 6.41 Å². The molecule has 0 N–H and O–H groups in total. The number of nitrogens with zero attached hydrogens (tertiary/aromatic N) is 3. The summed E-state index contributed by atoms with van der Waals surface area (Å²) < 4.78 is 2.22. The molecular formula is C16H19N3O. The van der Waals surface area contributed by atoms with Gasteiger partial charge in [-0.25, -0.2) is 4.98 Å². The molecular weight excluding hydrogens is 250 g/mol. The maximum atomic E-state index is 10.7. The molecule has 2 aliphatic rings. The van der Waals surface area contributed by atoms with Crippen LogP contribution in [0.15, 0.2) is 30.6 Å². The van der Waals surface area contributed by atoms with E-state index in [9.17, 15) is 4.79 Å². The van der Waals surface area contributed by atoms with Crippen LogP contribution in [0.5, 0.6) is 0 Å². The lowest BCUT2D eigenvalue weighted by Crippen LogP contribution is -2.56. The van der Waals surface area contributed by atoms with Crippen molar-refractivity contribution in [1.82, 2.24) is 14.3 Å². The van der Waals surface area contributed by atoms with Gasteiger partial charge in [-0.2, -0.15) is 0 Å². The Morgan fingerprint density at radius 2 is 2.05 bits per heavy atom. The summed E-state index contributed by atoms with van der Waals surface area (Å²) in [5, 5.41) is 0. The normalized spacial score (nSPS) is 22.1. The van der Waals surface area contributed by atoms with E-state index < -0.39 is 0 Å². The highest BCUT2D eigenvalue weighted by molar-refractivity contribution is 5.49. The molecule has 1 amide bonds. The lowest BCUT2D eigenvalue weighted by atomic mass is 9.65. The summed E-state index contributed by atoms with van der Waals surface area (Å²) in [5.41, 5.74) is 2.86. The summed E-state index contributed by atoms with van der Waals surface area (Å²) in [7, 11) is 0. The first-order valence-corrected chi connectivity index (χ1v) is 7.41. The van der Waals surface area contributed by atoms with Crippen LogP contribution < -0.4 is 0 Å². The molecule has 1 saturated heterocycles. The van der Waals surface area contributed by atoms with Crippen LogP contribution in [0, 0.1) is 5.41 Å². The minimum atomic E-state index is 0.431. The number of rotatable bonds is 2. The van der Waals surface area contributed by atoms with Gasteiger partial charge in [-0.3, -0.25) is 4.79 Å². The average Bonchev–Trinajstić information content (AvgIpc) is 2.93. The SMILES string of the molecule is O=CN1CC2(CCC(c3cccc4nccn34)CC2)C1. The van der Waals surface area contributed by atoms with Crippen molar-refractivity contribution in [3.8, 4) is 0 Å². The zero-order chi connectivity index (χ0) is 13.6. The zero-order valence-corrected chi connectivity index (χ0v) is 11.5. The highest BCUT2D eigenvalue weighted by Crippen LogP contribution is 2.47. The van der Waals surface area contributed by atoms with Gasteiger partial charge >= 0.3 is 0 Å². The van der Waals surface area contributed by atoms with Crippen molar-refractivity contribution in [2.45, 2.75) is 31.6 Å². The van der Waals surface area contributed by atoms with E-state index in [4.69, 9.17) is 0 Å². The maximum Gasteiger partial charge on any atom is 0.209 e. The third-order valence-corrected chi connectivity index (χ3v) is 5.15. The molecule has 0 atom stereocenters. The van der Waals surface area contributed by atoms with Crippen LogP contribution >= 0.6 is 0 Å². The quantitative estimate of drug-likeness (QED) is 0.785. The van der Waals surface area contributed by atoms with Crippen molar-refractivity contribution < 1.29 is 4.79 Å². The summed E-state index contributed by atoms with van der Waals surface area (Å²) >= 11 is 0. The Balaban J connectivity index is 1.52. The smallest absolute Gasteiger partial charge is 0.209 e. The van der Waals surface area contributed by atoms with E-state index in [2.05, 4.69) is 33.8 Å². The number of hydrogen-bond donors (Lipinski definition) is 0. The van der Waals surface area contributed by atoms with Gasteiger partial charge in [-0.05, 0) is 43.7 Å². The molecule has 3 heterocycles. The number of imidazole rings is 1. The van der Waals surface area contributed by atoms with Crippen LogP contribution in [0.3, 0.4) is 0 Å². The van der Waals surface area contributed by atoms with E-state index in [1.807, 2.05) is 11.1 Å². The van der Waals surface area contributed by atoms with Gasteiger partial charge < -0.3 is 9.30 Å². The van der Waals surface area contributed by atoms with Crippen molar-refractivity contribution in [2.24, 2.45) is 5.41 Å². The van der Waals surface area contributed by atoms with Gasteiger partial charge in [0.05, 0.1) is 0 Å². The molecule has 4 heteroatoms. The number of carbonyl (C=O) groups excluding carboxylic acids is 1. The highest BCUT2D eigenvalue weighted by atomic mass is 16.1. The molecule has 20 heavy (non-hydrogen) atoms. The van der Waals surface area contributed by atoms with Crippen molar-refractivity contribution in [3.63, 3.8) is 0 Å². The minimum absolute atomic E-state index is 0.431. The molecule has 1 aliphatic heterocycles. The topological polar surface area (TPSA) is 37.6 Å². The van der Waals surface area contributed by atoms with E-state index in [0.717, 1.165) is 25.1 Å². The molecule has 4 nitrogen and oxygen atoms in total. The number of carbonyl (C=O) groups is 1. The minimum Gasteiger partial charge on any atom is -0.344 e. The lowest BCUT2D eigenvalue weighted by Gasteiger charge is -2.52. The first-order chi connectivity index (χ1) is 9.80. The molecule has 104 valence electrons. The molecule has 2 aromatic heterocycles. The largest absolute Gasteiger partial charge is 0.344 e. The first kappa shape index (κ1) is 11.9. The molecule has 0 aromatic carbocycles. The second-order valence-electron chi connectivity index (χ2n) is 6.39. The van der Waals surface area contributed by atoms with Crippen LogP contribution in [0.2, 0.25) is 0 Å². The van der Waals surface area contributed by atoms with Crippen LogP contribution in [-0.2, 0) is 4.79 Å². The maximum absolute atomic E-state index is 10.7. The predicted octanol–water partition coefficient (Wildman–Crippen LogP) is 2.45. The monoisotopic (exact) mass is 269 g/mol. The third kappa shape index (κ3) is 1.74. The highest BCUT2D eigenvalue weighted by Gasteiger charge is 2.44. The van der Waals surface area contributed by atoms with Gasteiger partial charge in [0.1, 0.15) is 5.65 Å². The molecule has 2 aromatic rings. The number of hydrogen-bond acceptors (Lipinski definition) is 2. The standard InChI is InChI=1S/C16H19N3O/c20-12-18-10-16(11-18)6-4-13(5-7-16)14-2-1-3-15-17-8-9-19(14)15/h1-3,8-9,12-13H,4-7,10-11H2. The van der Waals surface area contributed by atoms with E-state index in [0.29, 0.717) is 11.3 Å². The molecule has 1 saturated carbocycles. The third-order valence-electron chi connectivity index (χ3n) is 5.15. The Kier molecular flexibility index (Phi) is 2.59. The summed E-state index contributed by atoms with van der Waals surface area (Å²) in [4.78, 5) is 17.0. The molecule has 0 radical (unpaired) electrons. The van der Waals surface area contributed by atoms with Crippen LogP contribution in [0.1, 0.15) is 37.3 Å². The van der Waals surface area contributed by atoms with Crippen molar-refractivity contribution in [3.05, 3.63) is 36.3 Å². The summed E-state index contributed by atoms with van der Waals surface area (Å²) in [6, 6.07) is 6.40. The lowest BCUT2D eigenvalue weighted by molar-refractivity contribution is -0.131. The number of amides is 1. The fourth-order valence-corrected chi connectivity index (χ4v) is 4.03. The Bertz CT molecular complexity index is 632.